The van der Waals surface area contributed by atoms with Crippen LogP contribution in [-0.4, -0.2) is 22.6 Å². The summed E-state index contributed by atoms with van der Waals surface area (Å²) in [6.45, 7) is 22.7. The maximum absolute atomic E-state index is 3.20. The third-order valence-electron chi connectivity index (χ3n) is 13.4. The van der Waals surface area contributed by atoms with Crippen LogP contribution in [0.1, 0.15) is 57.3 Å². The quantitative estimate of drug-likeness (QED) is 0.115. The number of hydrogen-bond acceptors (Lipinski definition) is 0. The van der Waals surface area contributed by atoms with Crippen molar-refractivity contribution in [3.63, 3.8) is 0 Å². The molecule has 0 fully saturated rings. The summed E-state index contributed by atoms with van der Waals surface area (Å²) in [7, 11) is -1.96. The number of hydrogen-bond donors (Lipinski definition) is 0. The molecular weight excluding hydrogens is 1170 g/mol. The summed E-state index contributed by atoms with van der Waals surface area (Å²) in [6.07, 6.45) is 17.4. The van der Waals surface area contributed by atoms with Crippen molar-refractivity contribution in [2.45, 2.75) is 79.8 Å². The molecule has 0 aliphatic heterocycles. The Morgan fingerprint density at radius 3 is 0.769 bits per heavy atom. The first-order valence-corrected chi connectivity index (χ1v) is 36.0. The van der Waals surface area contributed by atoms with Crippen LogP contribution in [0.4, 0.5) is 0 Å². The van der Waals surface area contributed by atoms with Crippen LogP contribution in [0.5, 0.6) is 0 Å². The SMILES string of the molecule is C[Si](C)(C)C1=CC[C-]=C1.C[Si](C)(C)C1=CC[C-]=C1.Cc1ccc2c(c1)[cH-]c1cc(C)ccc12.Cc1ccc2c(c1)[cH-]c1cc(C)ccc12.[Cl-].[Cl-].[Zr+2]=[C](c1ccccc1)c1ccccc1.[Zr+2]=[C](c1ccccc1)c1ccccc1. The van der Waals surface area contributed by atoms with Gasteiger partial charge < -0.3 is 24.8 Å². The maximum atomic E-state index is 3.20. The van der Waals surface area contributed by atoms with E-state index >= 15 is 0 Å². The van der Waals surface area contributed by atoms with Crippen LogP contribution < -0.4 is 24.8 Å². The van der Waals surface area contributed by atoms with Gasteiger partial charge in [-0.1, -0.05) is 110 Å². The Balaban J connectivity index is 0.000000173. The van der Waals surface area contributed by atoms with Gasteiger partial charge in [0.1, 0.15) is 0 Å². The number of aryl methyl sites for hydroxylation is 4. The van der Waals surface area contributed by atoms with Gasteiger partial charge in [-0.05, 0) is 43.8 Å². The zero-order valence-corrected chi connectivity index (χ0v) is 55.5. The molecule has 0 heterocycles. The van der Waals surface area contributed by atoms with E-state index in [1.54, 1.807) is 10.4 Å². The van der Waals surface area contributed by atoms with Crippen molar-refractivity contribution in [3.8, 4) is 0 Å². The standard InChI is InChI=1S/2C15H13.2C13H10.2C8H13Si.2ClH.2Zr/c2*1-10-3-5-14-12(7-10)9-13-8-11(2)4-6-15(13)14;2*1-3-7-12(8-4-1)11-13-9-5-2-6-10-13;2*1-9(2,3)8-6-4-5-7-8;;;;/h2*3-9H,1-2H3;2*1-10H;2*6-7H,4H2,1-3H3;2*1H;;/q2*-1;;;2*-1;;;2*+2/p-2. The summed E-state index contributed by atoms with van der Waals surface area (Å²) in [5, 5.41) is 14.0. The Bertz CT molecular complexity index is 3220. The van der Waals surface area contributed by atoms with E-state index in [-0.39, 0.29) is 24.8 Å². The molecule has 0 amide bonds. The molecule has 0 nitrogen and oxygen atoms in total. The topological polar surface area (TPSA) is 0 Å². The van der Waals surface area contributed by atoms with Crippen molar-refractivity contribution >= 4 is 65.6 Å². The summed E-state index contributed by atoms with van der Waals surface area (Å²) in [6, 6.07) is 73.4. The summed E-state index contributed by atoms with van der Waals surface area (Å²) in [5.74, 6) is 0. The van der Waals surface area contributed by atoms with Crippen molar-refractivity contribution < 1.29 is 73.3 Å². The molecule has 0 unspecified atom stereocenters. The molecule has 392 valence electrons. The van der Waals surface area contributed by atoms with E-state index < -0.39 is 16.1 Å². The number of benzene rings is 8. The Morgan fingerprint density at radius 1 is 0.359 bits per heavy atom. The molecule has 6 heteroatoms. The number of halogens is 2. The molecule has 2 aliphatic carbocycles. The first-order chi connectivity index (χ1) is 36.4. The Labute approximate surface area is 511 Å². The third-order valence-corrected chi connectivity index (χ3v) is 20.4. The summed E-state index contributed by atoms with van der Waals surface area (Å²) in [5.41, 5.74) is 10.6. The van der Waals surface area contributed by atoms with E-state index in [9.17, 15) is 0 Å². The minimum absolute atomic E-state index is 0. The number of rotatable bonds is 6. The molecule has 12 rings (SSSR count). The first-order valence-electron chi connectivity index (χ1n) is 26.5. The molecule has 0 aromatic heterocycles. The monoisotopic (exact) mass is 1240 g/mol. The zero-order chi connectivity index (χ0) is 54.2. The normalized spacial score (nSPS) is 12.1. The van der Waals surface area contributed by atoms with Gasteiger partial charge in [0.05, 0.1) is 0 Å². The molecule has 0 saturated heterocycles. The average Bonchev–Trinajstić information content (AvgIpc) is 4.30. The molecule has 0 spiro atoms. The third kappa shape index (κ3) is 18.5. The van der Waals surface area contributed by atoms with Crippen molar-refractivity contribution in [2.75, 3.05) is 0 Å². The van der Waals surface area contributed by atoms with E-state index in [4.69, 9.17) is 0 Å². The predicted molar refractivity (Wildman–Crippen MR) is 333 cm³/mol. The van der Waals surface area contributed by atoms with Crippen molar-refractivity contribution in [1.29, 1.82) is 0 Å². The van der Waals surface area contributed by atoms with E-state index in [2.05, 4.69) is 310 Å². The van der Waals surface area contributed by atoms with Gasteiger partial charge in [-0.2, -0.15) is 12.2 Å². The Hall–Kier alpha value is -5.02. The van der Waals surface area contributed by atoms with Gasteiger partial charge in [0.15, 0.2) is 0 Å². The Morgan fingerprint density at radius 2 is 0.590 bits per heavy atom. The minimum atomic E-state index is -0.981. The van der Waals surface area contributed by atoms with E-state index in [0.717, 1.165) is 12.8 Å². The second kappa shape index (κ2) is 30.5. The van der Waals surface area contributed by atoms with Gasteiger partial charge in [-0.15, -0.1) is 92.3 Å². The molecule has 0 atom stereocenters. The zero-order valence-electron chi connectivity index (χ0n) is 47.1. The van der Waals surface area contributed by atoms with Crippen LogP contribution in [0.15, 0.2) is 241 Å². The van der Waals surface area contributed by atoms with E-state index in [0.29, 0.717) is 0 Å². The fourth-order valence-electron chi connectivity index (χ4n) is 9.11. The van der Waals surface area contributed by atoms with Crippen LogP contribution in [-0.2, 0) is 48.5 Å². The van der Waals surface area contributed by atoms with Crippen LogP contribution in [0.25, 0.3) is 43.1 Å². The van der Waals surface area contributed by atoms with Crippen LogP contribution in [0, 0.1) is 39.8 Å². The van der Waals surface area contributed by atoms with Gasteiger partial charge >= 0.3 is 198 Å². The first kappa shape index (κ1) is 63.8. The predicted octanol–water partition coefficient (Wildman–Crippen LogP) is 13.4. The van der Waals surface area contributed by atoms with Crippen LogP contribution >= 0.6 is 0 Å². The summed E-state index contributed by atoms with van der Waals surface area (Å²) >= 11 is 2.92. The molecule has 0 N–H and O–H groups in total. The van der Waals surface area contributed by atoms with Crippen molar-refractivity contribution in [2.24, 2.45) is 0 Å². The summed E-state index contributed by atoms with van der Waals surface area (Å²) in [4.78, 5) is 0. The second-order valence-corrected chi connectivity index (χ2v) is 34.4. The van der Waals surface area contributed by atoms with Crippen molar-refractivity contribution in [1.82, 2.24) is 0 Å². The molecule has 78 heavy (non-hydrogen) atoms. The molecule has 0 radical (unpaired) electrons. The van der Waals surface area contributed by atoms with Gasteiger partial charge in [0.25, 0.3) is 0 Å². The average molecular weight is 1250 g/mol. The molecule has 10 aromatic rings. The van der Waals surface area contributed by atoms with Gasteiger partial charge in [0.2, 0.25) is 0 Å². The number of allylic oxidation sites excluding steroid dienone is 8. The van der Waals surface area contributed by atoms with Gasteiger partial charge in [-0.3, -0.25) is 12.2 Å². The number of fused-ring (bicyclic) bond motifs is 6. The second-order valence-electron chi connectivity index (χ2n) is 21.8. The molecule has 2 aliphatic rings. The van der Waals surface area contributed by atoms with Crippen LogP contribution in [0.3, 0.4) is 0 Å². The van der Waals surface area contributed by atoms with Crippen LogP contribution in [0.2, 0.25) is 39.3 Å². The Kier molecular flexibility index (Phi) is 25.0. The molecule has 0 saturated carbocycles. The van der Waals surface area contributed by atoms with Gasteiger partial charge in [-0.25, -0.2) is 22.5 Å². The van der Waals surface area contributed by atoms with Gasteiger partial charge in [0, 0.05) is 0 Å². The van der Waals surface area contributed by atoms with E-state index in [1.165, 1.54) is 142 Å². The molecule has 10 aromatic carbocycles. The fraction of sp³-hybridized carbons (Fsp3) is 0.167. The fourth-order valence-corrected chi connectivity index (χ4v) is 13.3. The molecular formula is C72H72Cl2Si2Zr2-2. The van der Waals surface area contributed by atoms with Crippen molar-refractivity contribution in [3.05, 3.63) is 298 Å². The van der Waals surface area contributed by atoms with E-state index in [1.807, 2.05) is 0 Å². The molecule has 0 bridgehead atoms. The summed E-state index contributed by atoms with van der Waals surface area (Å²) < 4.78 is 2.83.